The highest BCUT2D eigenvalue weighted by molar-refractivity contribution is 7.89. The van der Waals surface area contributed by atoms with Crippen molar-refractivity contribution in [1.29, 1.82) is 0 Å². The number of carbonyl (C=O) groups excluding carboxylic acids is 1. The van der Waals surface area contributed by atoms with E-state index in [1.807, 2.05) is 11.8 Å². The van der Waals surface area contributed by atoms with Gasteiger partial charge in [-0.3, -0.25) is 4.79 Å². The van der Waals surface area contributed by atoms with Gasteiger partial charge in [0.05, 0.1) is 11.8 Å². The molecule has 0 fully saturated rings. The third-order valence-corrected chi connectivity index (χ3v) is 6.00. The highest BCUT2D eigenvalue weighted by Gasteiger charge is 2.29. The quantitative estimate of drug-likeness (QED) is 0.856. The Morgan fingerprint density at radius 2 is 2.13 bits per heavy atom. The number of hydrogen-bond donors (Lipinski definition) is 0. The SMILES string of the molecule is C[C@H]1c2ccsc2CCN1C(=O)c1cccc(CS(C)(=O)=O)c1. The van der Waals surface area contributed by atoms with E-state index in [1.54, 1.807) is 35.6 Å². The summed E-state index contributed by atoms with van der Waals surface area (Å²) in [5, 5.41) is 2.07. The van der Waals surface area contributed by atoms with Crippen LogP contribution in [0.25, 0.3) is 0 Å². The molecule has 0 saturated heterocycles. The summed E-state index contributed by atoms with van der Waals surface area (Å²) in [4.78, 5) is 16.1. The molecule has 6 heteroatoms. The molecule has 0 saturated carbocycles. The van der Waals surface area contributed by atoms with Gasteiger partial charge >= 0.3 is 0 Å². The molecule has 0 spiro atoms. The normalized spacial score (nSPS) is 17.8. The average molecular weight is 349 g/mol. The minimum Gasteiger partial charge on any atom is -0.331 e. The number of benzene rings is 1. The van der Waals surface area contributed by atoms with Crippen molar-refractivity contribution in [3.8, 4) is 0 Å². The number of sulfone groups is 1. The van der Waals surface area contributed by atoms with Crippen LogP contribution in [0.3, 0.4) is 0 Å². The van der Waals surface area contributed by atoms with E-state index in [1.165, 1.54) is 16.7 Å². The van der Waals surface area contributed by atoms with E-state index in [0.29, 0.717) is 17.7 Å². The Kier molecular flexibility index (Phi) is 4.29. The molecule has 122 valence electrons. The van der Waals surface area contributed by atoms with Gasteiger partial charge in [-0.1, -0.05) is 12.1 Å². The molecule has 0 radical (unpaired) electrons. The lowest BCUT2D eigenvalue weighted by molar-refractivity contribution is 0.0679. The van der Waals surface area contributed by atoms with Crippen LogP contribution in [-0.2, 0) is 22.0 Å². The standard InChI is InChI=1S/C17H19NO3S2/c1-12-15-7-9-22-16(15)6-8-18(12)17(19)14-5-3-4-13(10-14)11-23(2,20)21/h3-5,7,9-10,12H,6,8,11H2,1-2H3/t12-/m0/s1. The van der Waals surface area contributed by atoms with Crippen LogP contribution < -0.4 is 0 Å². The van der Waals surface area contributed by atoms with Crippen molar-refractivity contribution in [3.05, 3.63) is 57.3 Å². The van der Waals surface area contributed by atoms with Gasteiger partial charge in [0.25, 0.3) is 5.91 Å². The Morgan fingerprint density at radius 1 is 1.35 bits per heavy atom. The summed E-state index contributed by atoms with van der Waals surface area (Å²) in [6, 6.07) is 9.08. The summed E-state index contributed by atoms with van der Waals surface area (Å²) in [5.74, 6) is -0.0806. The number of thiophene rings is 1. The Labute approximate surface area is 140 Å². The van der Waals surface area contributed by atoms with Crippen LogP contribution in [0.2, 0.25) is 0 Å². The lowest BCUT2D eigenvalue weighted by atomic mass is 10.00. The highest BCUT2D eigenvalue weighted by Crippen LogP contribution is 2.33. The first-order valence-corrected chi connectivity index (χ1v) is 10.4. The molecule has 4 nitrogen and oxygen atoms in total. The minimum atomic E-state index is -3.11. The molecule has 1 amide bonds. The monoisotopic (exact) mass is 349 g/mol. The molecule has 0 N–H and O–H groups in total. The van der Waals surface area contributed by atoms with Crippen molar-refractivity contribution in [2.24, 2.45) is 0 Å². The second kappa shape index (κ2) is 6.09. The fourth-order valence-corrected chi connectivity index (χ4v) is 4.80. The summed E-state index contributed by atoms with van der Waals surface area (Å²) in [6.45, 7) is 2.74. The number of rotatable bonds is 3. The summed E-state index contributed by atoms with van der Waals surface area (Å²) in [6.07, 6.45) is 2.08. The fraction of sp³-hybridized carbons (Fsp3) is 0.353. The molecule has 0 unspecified atom stereocenters. The first-order valence-electron chi connectivity index (χ1n) is 7.49. The summed E-state index contributed by atoms with van der Waals surface area (Å²) >= 11 is 1.74. The van der Waals surface area contributed by atoms with E-state index in [-0.39, 0.29) is 17.7 Å². The zero-order valence-corrected chi connectivity index (χ0v) is 14.8. The number of fused-ring (bicyclic) bond motifs is 1. The van der Waals surface area contributed by atoms with Gasteiger partial charge < -0.3 is 4.90 Å². The smallest absolute Gasteiger partial charge is 0.254 e. The number of amides is 1. The fourth-order valence-electron chi connectivity index (χ4n) is 3.05. The van der Waals surface area contributed by atoms with Crippen molar-refractivity contribution < 1.29 is 13.2 Å². The second-order valence-electron chi connectivity index (χ2n) is 5.99. The van der Waals surface area contributed by atoms with Crippen LogP contribution in [0.5, 0.6) is 0 Å². The molecule has 23 heavy (non-hydrogen) atoms. The number of hydrogen-bond acceptors (Lipinski definition) is 4. The van der Waals surface area contributed by atoms with Crippen LogP contribution in [0, 0.1) is 0 Å². The summed E-state index contributed by atoms with van der Waals surface area (Å²) in [5.41, 5.74) is 2.43. The van der Waals surface area contributed by atoms with Crippen molar-refractivity contribution in [1.82, 2.24) is 4.90 Å². The van der Waals surface area contributed by atoms with Crippen LogP contribution in [0.1, 0.15) is 39.3 Å². The predicted molar refractivity (Wildman–Crippen MR) is 92.5 cm³/mol. The van der Waals surface area contributed by atoms with E-state index in [0.717, 1.165) is 6.42 Å². The first kappa shape index (κ1) is 16.2. The molecule has 2 heterocycles. The zero-order valence-electron chi connectivity index (χ0n) is 13.2. The summed E-state index contributed by atoms with van der Waals surface area (Å²) in [7, 11) is -3.11. The third-order valence-electron chi connectivity index (χ3n) is 4.14. The highest BCUT2D eigenvalue weighted by atomic mass is 32.2. The second-order valence-corrected chi connectivity index (χ2v) is 9.13. The van der Waals surface area contributed by atoms with Gasteiger partial charge in [-0.2, -0.15) is 0 Å². The molecule has 1 aliphatic rings. The molecule has 0 bridgehead atoms. The average Bonchev–Trinajstić information content (AvgIpc) is 2.95. The largest absolute Gasteiger partial charge is 0.331 e. The van der Waals surface area contributed by atoms with Crippen molar-refractivity contribution in [3.63, 3.8) is 0 Å². The van der Waals surface area contributed by atoms with Gasteiger partial charge in [0.15, 0.2) is 9.84 Å². The molecule has 2 aromatic rings. The van der Waals surface area contributed by atoms with Crippen LogP contribution in [-0.4, -0.2) is 32.0 Å². The first-order chi connectivity index (χ1) is 10.8. The molecule has 1 aromatic heterocycles. The lowest BCUT2D eigenvalue weighted by Crippen LogP contribution is -2.38. The molecule has 1 atom stereocenters. The molecule has 1 aliphatic heterocycles. The van der Waals surface area contributed by atoms with Gasteiger partial charge in [-0.05, 0) is 48.1 Å². The van der Waals surface area contributed by atoms with E-state index in [2.05, 4.69) is 11.4 Å². The van der Waals surface area contributed by atoms with Crippen LogP contribution >= 0.6 is 11.3 Å². The lowest BCUT2D eigenvalue weighted by Gasteiger charge is -2.33. The Morgan fingerprint density at radius 3 is 2.87 bits per heavy atom. The molecular formula is C17H19NO3S2. The minimum absolute atomic E-state index is 0.0373. The van der Waals surface area contributed by atoms with Gasteiger partial charge in [0.2, 0.25) is 0 Å². The van der Waals surface area contributed by atoms with E-state index >= 15 is 0 Å². The van der Waals surface area contributed by atoms with E-state index in [4.69, 9.17) is 0 Å². The maximum absolute atomic E-state index is 12.8. The van der Waals surface area contributed by atoms with Crippen molar-refractivity contribution >= 4 is 27.1 Å². The number of nitrogens with zero attached hydrogens (tertiary/aromatic N) is 1. The molecule has 0 aliphatic carbocycles. The predicted octanol–water partition coefficient (Wildman–Crippen LogP) is 3.05. The van der Waals surface area contributed by atoms with Crippen molar-refractivity contribution in [2.75, 3.05) is 12.8 Å². The Bertz CT molecular complexity index is 839. The van der Waals surface area contributed by atoms with Gasteiger partial charge in [-0.25, -0.2) is 8.42 Å². The Balaban J connectivity index is 1.85. The van der Waals surface area contributed by atoms with Gasteiger partial charge in [-0.15, -0.1) is 11.3 Å². The van der Waals surface area contributed by atoms with Crippen molar-refractivity contribution in [2.45, 2.75) is 25.1 Å². The van der Waals surface area contributed by atoms with Crippen LogP contribution in [0.15, 0.2) is 35.7 Å². The Hall–Kier alpha value is -1.66. The summed E-state index contributed by atoms with van der Waals surface area (Å²) < 4.78 is 22.9. The topological polar surface area (TPSA) is 54.5 Å². The maximum atomic E-state index is 12.8. The maximum Gasteiger partial charge on any atom is 0.254 e. The van der Waals surface area contributed by atoms with E-state index < -0.39 is 9.84 Å². The zero-order chi connectivity index (χ0) is 16.6. The molecule has 1 aromatic carbocycles. The number of carbonyl (C=O) groups is 1. The third kappa shape index (κ3) is 3.48. The van der Waals surface area contributed by atoms with Gasteiger partial charge in [0, 0.05) is 23.2 Å². The van der Waals surface area contributed by atoms with E-state index in [9.17, 15) is 13.2 Å². The molecular weight excluding hydrogens is 330 g/mol. The molecule has 3 rings (SSSR count). The van der Waals surface area contributed by atoms with Crippen LogP contribution in [0.4, 0.5) is 0 Å². The van der Waals surface area contributed by atoms with Gasteiger partial charge in [0.1, 0.15) is 0 Å².